The summed E-state index contributed by atoms with van der Waals surface area (Å²) in [6.45, 7) is 9.26. The predicted molar refractivity (Wildman–Crippen MR) is 253 cm³/mol. The van der Waals surface area contributed by atoms with Gasteiger partial charge < -0.3 is 9.47 Å². The fourth-order valence-corrected chi connectivity index (χ4v) is 10.2. The quantitative estimate of drug-likeness (QED) is 0.157. The van der Waals surface area contributed by atoms with Gasteiger partial charge in [-0.2, -0.15) is 0 Å². The van der Waals surface area contributed by atoms with Crippen molar-refractivity contribution < 1.29 is 0 Å². The summed E-state index contributed by atoms with van der Waals surface area (Å²) in [6.07, 6.45) is 12.2. The van der Waals surface area contributed by atoms with Crippen LogP contribution in [0.2, 0.25) is 0 Å². The Bertz CT molecular complexity index is 2820. The van der Waals surface area contributed by atoms with Crippen LogP contribution in [0.1, 0.15) is 100 Å². The summed E-state index contributed by atoms with van der Waals surface area (Å²) in [4.78, 5) is 2.59. The smallest absolute Gasteiger partial charge is 0.0779 e. The fraction of sp³-hybridized carbons (Fsp3) is 0.228. The Morgan fingerprint density at radius 3 is 1.95 bits per heavy atom. The number of para-hydroxylation sites is 4. The number of allylic oxidation sites excluding steroid dienone is 1. The molecule has 1 unspecified atom stereocenters. The first-order valence-electron chi connectivity index (χ1n) is 21.9. The summed E-state index contributed by atoms with van der Waals surface area (Å²) in [6, 6.07) is 59.5. The van der Waals surface area contributed by atoms with E-state index in [4.69, 9.17) is 0 Å². The van der Waals surface area contributed by atoms with E-state index < -0.39 is 0 Å². The summed E-state index contributed by atoms with van der Waals surface area (Å²) >= 11 is 0. The van der Waals surface area contributed by atoms with Crippen LogP contribution in [-0.2, 0) is 5.41 Å². The number of benzene rings is 7. The van der Waals surface area contributed by atoms with Gasteiger partial charge in [0.25, 0.3) is 0 Å². The number of hydrogen-bond donors (Lipinski definition) is 0. The standard InChI is InChI=1S/C57H54N2/c1-39-19-15-30-49-50-31-18-34-53(56(50)58(55(39)49)44-24-9-6-10-25-44)59(51-32-13-11-26-45(51)41-35-37-43(38-36-41)57(2,3)4)52-33-14-12-27-47(52)48-29-17-23-42-22-16-28-46(54(42)48)40-20-7-5-8-21-40/h6,9-18,22-40H,5,7-8,19-21H2,1-4H3. The molecule has 8 aromatic rings. The van der Waals surface area contributed by atoms with E-state index in [1.165, 1.54) is 115 Å². The van der Waals surface area contributed by atoms with E-state index in [0.717, 1.165) is 12.1 Å². The topological polar surface area (TPSA) is 8.17 Å². The number of fused-ring (bicyclic) bond motifs is 4. The minimum absolute atomic E-state index is 0.0706. The minimum atomic E-state index is 0.0706. The lowest BCUT2D eigenvalue weighted by atomic mass is 9.80. The van der Waals surface area contributed by atoms with Gasteiger partial charge in [0.1, 0.15) is 0 Å². The highest BCUT2D eigenvalue weighted by atomic mass is 15.2. The molecule has 0 amide bonds. The van der Waals surface area contributed by atoms with Crippen molar-refractivity contribution in [3.05, 3.63) is 186 Å². The van der Waals surface area contributed by atoms with Gasteiger partial charge in [-0.3, -0.25) is 0 Å². The average Bonchev–Trinajstić information content (AvgIpc) is 3.63. The Morgan fingerprint density at radius 2 is 1.20 bits per heavy atom. The molecule has 2 aliphatic rings. The summed E-state index contributed by atoms with van der Waals surface area (Å²) in [5, 5.41) is 4.00. The Kier molecular flexibility index (Phi) is 9.60. The predicted octanol–water partition coefficient (Wildman–Crippen LogP) is 16.5. The highest BCUT2D eigenvalue weighted by Crippen LogP contribution is 2.51. The third-order valence-corrected chi connectivity index (χ3v) is 13.2. The van der Waals surface area contributed by atoms with Crippen LogP contribution in [-0.4, -0.2) is 4.57 Å². The molecule has 1 aromatic heterocycles. The summed E-state index contributed by atoms with van der Waals surface area (Å²) < 4.78 is 2.57. The number of hydrogen-bond acceptors (Lipinski definition) is 1. The number of nitrogens with zero attached hydrogens (tertiary/aromatic N) is 2. The minimum Gasteiger partial charge on any atom is -0.311 e. The summed E-state index contributed by atoms with van der Waals surface area (Å²) in [5.41, 5.74) is 16.5. The molecule has 1 heterocycles. The van der Waals surface area contributed by atoms with Crippen LogP contribution in [0.15, 0.2) is 164 Å². The molecule has 2 nitrogen and oxygen atoms in total. The SMILES string of the molecule is CC1CC=Cc2c1n(-c1ccccc1)c1c(N(c3ccccc3-c3ccc(C(C)(C)C)cc3)c3ccccc3-c3cccc4cccc(C5CCCCC5)c34)cccc21. The zero-order chi connectivity index (χ0) is 40.1. The lowest BCUT2D eigenvalue weighted by Gasteiger charge is -2.32. The molecule has 0 radical (unpaired) electrons. The molecule has 2 aliphatic carbocycles. The summed E-state index contributed by atoms with van der Waals surface area (Å²) in [5.74, 6) is 0.955. The van der Waals surface area contributed by atoms with Crippen LogP contribution in [0.5, 0.6) is 0 Å². The van der Waals surface area contributed by atoms with Crippen molar-refractivity contribution in [2.45, 2.75) is 83.5 Å². The molecular weight excluding hydrogens is 713 g/mol. The van der Waals surface area contributed by atoms with E-state index in [0.29, 0.717) is 11.8 Å². The largest absolute Gasteiger partial charge is 0.311 e. The lowest BCUT2D eigenvalue weighted by molar-refractivity contribution is 0.445. The molecular formula is C57H54N2. The number of anilines is 3. The first kappa shape index (κ1) is 37.2. The van der Waals surface area contributed by atoms with Gasteiger partial charge in [0, 0.05) is 39.4 Å². The molecule has 0 N–H and O–H groups in total. The normalized spacial score (nSPS) is 15.8. The van der Waals surface area contributed by atoms with Gasteiger partial charge in [-0.05, 0) is 94.0 Å². The maximum Gasteiger partial charge on any atom is 0.0779 e. The maximum atomic E-state index is 2.59. The maximum absolute atomic E-state index is 2.59. The highest BCUT2D eigenvalue weighted by molar-refractivity contribution is 6.08. The van der Waals surface area contributed by atoms with Crippen LogP contribution in [0.3, 0.4) is 0 Å². The van der Waals surface area contributed by atoms with Crippen LogP contribution in [0.25, 0.3) is 55.7 Å². The first-order valence-corrected chi connectivity index (χ1v) is 21.9. The van der Waals surface area contributed by atoms with Crippen LogP contribution < -0.4 is 4.90 Å². The molecule has 2 heteroatoms. The van der Waals surface area contributed by atoms with Gasteiger partial charge in [0.2, 0.25) is 0 Å². The van der Waals surface area contributed by atoms with Crippen molar-refractivity contribution in [3.8, 4) is 27.9 Å². The zero-order valence-electron chi connectivity index (χ0n) is 35.0. The van der Waals surface area contributed by atoms with Gasteiger partial charge in [-0.15, -0.1) is 0 Å². The third-order valence-electron chi connectivity index (χ3n) is 13.2. The van der Waals surface area contributed by atoms with Crippen molar-refractivity contribution in [3.63, 3.8) is 0 Å². The van der Waals surface area contributed by atoms with Crippen LogP contribution in [0.4, 0.5) is 17.1 Å². The second-order valence-electron chi connectivity index (χ2n) is 18.0. The Morgan fingerprint density at radius 1 is 0.576 bits per heavy atom. The van der Waals surface area contributed by atoms with Crippen molar-refractivity contribution >= 4 is 44.8 Å². The van der Waals surface area contributed by atoms with Gasteiger partial charge in [-0.1, -0.05) is 187 Å². The molecule has 7 aromatic carbocycles. The van der Waals surface area contributed by atoms with Gasteiger partial charge in [-0.25, -0.2) is 0 Å². The number of rotatable bonds is 7. The molecule has 0 spiro atoms. The highest BCUT2D eigenvalue weighted by Gasteiger charge is 2.30. The Labute approximate surface area is 350 Å². The zero-order valence-corrected chi connectivity index (χ0v) is 35.0. The third kappa shape index (κ3) is 6.60. The molecule has 0 aliphatic heterocycles. The van der Waals surface area contributed by atoms with Gasteiger partial charge in [0.05, 0.1) is 22.6 Å². The molecule has 1 fully saturated rings. The van der Waals surface area contributed by atoms with E-state index in [9.17, 15) is 0 Å². The van der Waals surface area contributed by atoms with E-state index in [1.807, 2.05) is 0 Å². The van der Waals surface area contributed by atoms with E-state index in [2.05, 4.69) is 207 Å². The molecule has 292 valence electrons. The summed E-state index contributed by atoms with van der Waals surface area (Å²) in [7, 11) is 0. The average molecular weight is 767 g/mol. The van der Waals surface area contributed by atoms with Crippen molar-refractivity contribution in [1.82, 2.24) is 4.57 Å². The Hall–Kier alpha value is -6.12. The molecule has 59 heavy (non-hydrogen) atoms. The molecule has 1 saturated carbocycles. The number of aromatic nitrogens is 1. The van der Waals surface area contributed by atoms with Gasteiger partial charge >= 0.3 is 0 Å². The van der Waals surface area contributed by atoms with E-state index in [1.54, 1.807) is 0 Å². The van der Waals surface area contributed by atoms with E-state index >= 15 is 0 Å². The molecule has 1 atom stereocenters. The Balaban J connectivity index is 1.29. The molecule has 0 bridgehead atoms. The van der Waals surface area contributed by atoms with Crippen LogP contribution >= 0.6 is 0 Å². The van der Waals surface area contributed by atoms with Crippen molar-refractivity contribution in [2.24, 2.45) is 0 Å². The van der Waals surface area contributed by atoms with Crippen molar-refractivity contribution in [2.75, 3.05) is 4.90 Å². The van der Waals surface area contributed by atoms with E-state index in [-0.39, 0.29) is 5.41 Å². The molecule has 0 saturated heterocycles. The second-order valence-corrected chi connectivity index (χ2v) is 18.0. The molecule has 10 rings (SSSR count). The van der Waals surface area contributed by atoms with Crippen molar-refractivity contribution in [1.29, 1.82) is 0 Å². The van der Waals surface area contributed by atoms with Crippen LogP contribution in [0, 0.1) is 0 Å². The first-order chi connectivity index (χ1) is 28.9. The lowest BCUT2D eigenvalue weighted by Crippen LogP contribution is -2.15. The monoisotopic (exact) mass is 766 g/mol. The fourth-order valence-electron chi connectivity index (χ4n) is 10.2. The second kappa shape index (κ2) is 15.2. The van der Waals surface area contributed by atoms with Gasteiger partial charge in [0.15, 0.2) is 0 Å².